The third kappa shape index (κ3) is 1.60. The number of hydrogen-bond donors (Lipinski definition) is 0. The van der Waals surface area contributed by atoms with E-state index in [4.69, 9.17) is 4.99 Å². The van der Waals surface area contributed by atoms with Crippen LogP contribution in [0.5, 0.6) is 0 Å². The number of rotatable bonds is 1. The minimum Gasteiger partial charge on any atom is -0.247 e. The highest BCUT2D eigenvalue weighted by Gasteiger charge is 2.36. The summed E-state index contributed by atoms with van der Waals surface area (Å²) in [4.78, 5) is 4.96. The number of fused-ring (bicyclic) bond motifs is 5. The van der Waals surface area contributed by atoms with Crippen molar-refractivity contribution in [1.82, 2.24) is 0 Å². The fraction of sp³-hybridized carbons (Fsp3) is 0.136. The van der Waals surface area contributed by atoms with E-state index in [0.717, 1.165) is 17.8 Å². The quantitative estimate of drug-likeness (QED) is 0.654. The van der Waals surface area contributed by atoms with Crippen molar-refractivity contribution in [2.24, 2.45) is 4.99 Å². The van der Waals surface area contributed by atoms with Crippen LogP contribution in [0, 0.1) is 13.8 Å². The van der Waals surface area contributed by atoms with E-state index in [1.165, 1.54) is 44.5 Å². The van der Waals surface area contributed by atoms with Gasteiger partial charge >= 0.3 is 0 Å². The van der Waals surface area contributed by atoms with Gasteiger partial charge in [0.2, 0.25) is 0 Å². The van der Waals surface area contributed by atoms with Crippen molar-refractivity contribution in [3.63, 3.8) is 0 Å². The van der Waals surface area contributed by atoms with Crippen LogP contribution in [0.25, 0.3) is 11.1 Å². The van der Waals surface area contributed by atoms with Crippen LogP contribution in [0.1, 0.15) is 34.2 Å². The third-order valence-corrected chi connectivity index (χ3v) is 5.23. The van der Waals surface area contributed by atoms with E-state index in [2.05, 4.69) is 68.5 Å². The average molecular weight is 295 g/mol. The Balaban J connectivity index is 1.89. The van der Waals surface area contributed by atoms with E-state index < -0.39 is 0 Å². The number of aliphatic imine (C=N–C) groups is 1. The Hall–Kier alpha value is -2.67. The summed E-state index contributed by atoms with van der Waals surface area (Å²) in [7, 11) is 0. The molecule has 1 aliphatic heterocycles. The molecule has 2 aromatic rings. The van der Waals surface area contributed by atoms with Gasteiger partial charge in [-0.2, -0.15) is 0 Å². The molecule has 110 valence electrons. The molecule has 0 unspecified atom stereocenters. The van der Waals surface area contributed by atoms with Crippen LogP contribution in [-0.4, -0.2) is 5.71 Å². The third-order valence-electron chi connectivity index (χ3n) is 5.23. The lowest BCUT2D eigenvalue weighted by Crippen LogP contribution is -1.97. The van der Waals surface area contributed by atoms with E-state index in [1.807, 2.05) is 0 Å². The Morgan fingerprint density at radius 2 is 1.78 bits per heavy atom. The van der Waals surface area contributed by atoms with Crippen LogP contribution in [0.3, 0.4) is 0 Å². The van der Waals surface area contributed by atoms with Gasteiger partial charge in [0.1, 0.15) is 0 Å². The highest BCUT2D eigenvalue weighted by molar-refractivity contribution is 6.46. The molecule has 0 saturated heterocycles. The Labute approximate surface area is 136 Å². The number of aryl methyl sites for hydroxylation is 1. The second-order valence-corrected chi connectivity index (χ2v) is 6.48. The zero-order chi connectivity index (χ0) is 15.6. The van der Waals surface area contributed by atoms with Crippen molar-refractivity contribution in [3.05, 3.63) is 88.0 Å². The van der Waals surface area contributed by atoms with Gasteiger partial charge in [-0.25, -0.2) is 4.99 Å². The fourth-order valence-corrected chi connectivity index (χ4v) is 3.95. The van der Waals surface area contributed by atoms with Crippen molar-refractivity contribution in [2.45, 2.75) is 20.3 Å². The number of allylic oxidation sites excluding steroid dienone is 6. The zero-order valence-electron chi connectivity index (χ0n) is 13.4. The number of para-hydroxylation sites is 1. The topological polar surface area (TPSA) is 12.4 Å². The minimum atomic E-state index is 1.01. The van der Waals surface area contributed by atoms with Gasteiger partial charge in [0, 0.05) is 16.7 Å². The standard InChI is InChI=1S/C22H17N/c1-13-11-12-17-19(14(13)2)20(15-7-3-4-8-15)21-16-9-5-6-10-18(16)23-22(17)21/h3-7,9-12H,8H2,1-2H3. The summed E-state index contributed by atoms with van der Waals surface area (Å²) < 4.78 is 0. The summed E-state index contributed by atoms with van der Waals surface area (Å²) in [6.45, 7) is 4.44. The fourth-order valence-electron chi connectivity index (χ4n) is 3.95. The predicted molar refractivity (Wildman–Crippen MR) is 97.2 cm³/mol. The summed E-state index contributed by atoms with van der Waals surface area (Å²) in [5.41, 5.74) is 13.1. The Morgan fingerprint density at radius 1 is 0.913 bits per heavy atom. The second kappa shape index (κ2) is 4.42. The van der Waals surface area contributed by atoms with Crippen LogP contribution in [0.2, 0.25) is 0 Å². The zero-order valence-corrected chi connectivity index (χ0v) is 13.4. The second-order valence-electron chi connectivity index (χ2n) is 6.48. The molecule has 2 aromatic carbocycles. The summed E-state index contributed by atoms with van der Waals surface area (Å²) in [5.74, 6) is 0. The molecule has 1 heteroatoms. The lowest BCUT2D eigenvalue weighted by Gasteiger charge is -2.14. The molecule has 5 rings (SSSR count). The first-order valence-electron chi connectivity index (χ1n) is 8.15. The van der Waals surface area contributed by atoms with Gasteiger partial charge in [0.05, 0.1) is 11.4 Å². The van der Waals surface area contributed by atoms with Gasteiger partial charge in [-0.15, -0.1) is 0 Å². The largest absolute Gasteiger partial charge is 0.247 e. The van der Waals surface area contributed by atoms with Crippen LogP contribution in [0.4, 0.5) is 5.69 Å². The van der Waals surface area contributed by atoms with Crippen molar-refractivity contribution in [3.8, 4) is 0 Å². The molecule has 2 aliphatic carbocycles. The van der Waals surface area contributed by atoms with Gasteiger partial charge in [-0.05, 0) is 54.2 Å². The Morgan fingerprint density at radius 3 is 2.61 bits per heavy atom. The summed E-state index contributed by atoms with van der Waals surface area (Å²) in [6.07, 6.45) is 7.69. The monoisotopic (exact) mass is 295 g/mol. The van der Waals surface area contributed by atoms with Crippen molar-refractivity contribution >= 4 is 22.5 Å². The van der Waals surface area contributed by atoms with Crippen molar-refractivity contribution in [2.75, 3.05) is 0 Å². The molecule has 0 amide bonds. The number of hydrogen-bond acceptors (Lipinski definition) is 1. The molecule has 0 fully saturated rings. The van der Waals surface area contributed by atoms with Crippen LogP contribution < -0.4 is 0 Å². The highest BCUT2D eigenvalue weighted by Crippen LogP contribution is 2.51. The highest BCUT2D eigenvalue weighted by atomic mass is 14.8. The van der Waals surface area contributed by atoms with Crippen LogP contribution in [-0.2, 0) is 0 Å². The molecule has 0 atom stereocenters. The molecule has 1 nitrogen and oxygen atoms in total. The lowest BCUT2D eigenvalue weighted by atomic mass is 9.90. The van der Waals surface area contributed by atoms with E-state index in [1.54, 1.807) is 0 Å². The molecule has 23 heavy (non-hydrogen) atoms. The maximum atomic E-state index is 4.96. The first-order valence-corrected chi connectivity index (χ1v) is 8.15. The molecule has 0 radical (unpaired) electrons. The molecule has 0 aromatic heterocycles. The lowest BCUT2D eigenvalue weighted by molar-refractivity contribution is 1.28. The smallest absolute Gasteiger partial charge is 0.0801 e. The molecule has 0 N–H and O–H groups in total. The first-order chi connectivity index (χ1) is 11.3. The van der Waals surface area contributed by atoms with Gasteiger partial charge < -0.3 is 0 Å². The molecular weight excluding hydrogens is 278 g/mol. The van der Waals surface area contributed by atoms with Gasteiger partial charge in [-0.1, -0.05) is 48.6 Å². The van der Waals surface area contributed by atoms with Crippen LogP contribution >= 0.6 is 0 Å². The van der Waals surface area contributed by atoms with Crippen LogP contribution in [0.15, 0.2) is 65.2 Å². The number of benzene rings is 2. The summed E-state index contributed by atoms with van der Waals surface area (Å²) in [6, 6.07) is 13.0. The predicted octanol–water partition coefficient (Wildman–Crippen LogP) is 5.55. The van der Waals surface area contributed by atoms with E-state index in [9.17, 15) is 0 Å². The normalized spacial score (nSPS) is 17.1. The molecule has 0 bridgehead atoms. The molecule has 1 heterocycles. The SMILES string of the molecule is Cc1ccc2c(c1C)C(C1=CC=CC1)=C1C2=Nc2ccccc21. The molecular formula is C22H17N. The van der Waals surface area contributed by atoms with E-state index in [0.29, 0.717) is 0 Å². The summed E-state index contributed by atoms with van der Waals surface area (Å²) in [5, 5.41) is 0. The molecule has 0 spiro atoms. The maximum Gasteiger partial charge on any atom is 0.0801 e. The Kier molecular flexibility index (Phi) is 2.47. The molecule has 0 saturated carbocycles. The van der Waals surface area contributed by atoms with E-state index in [-0.39, 0.29) is 0 Å². The van der Waals surface area contributed by atoms with Gasteiger partial charge in [-0.3, -0.25) is 0 Å². The Bertz CT molecular complexity index is 997. The first kappa shape index (κ1) is 12.8. The maximum absolute atomic E-state index is 4.96. The summed E-state index contributed by atoms with van der Waals surface area (Å²) >= 11 is 0. The molecule has 3 aliphatic rings. The van der Waals surface area contributed by atoms with E-state index >= 15 is 0 Å². The average Bonchev–Trinajstić information content (AvgIpc) is 3.25. The van der Waals surface area contributed by atoms with Crippen molar-refractivity contribution in [1.29, 1.82) is 0 Å². The van der Waals surface area contributed by atoms with Gasteiger partial charge in [0.25, 0.3) is 0 Å². The van der Waals surface area contributed by atoms with Gasteiger partial charge in [0.15, 0.2) is 0 Å². The number of nitrogens with zero attached hydrogens (tertiary/aromatic N) is 1. The minimum absolute atomic E-state index is 1.01. The van der Waals surface area contributed by atoms with Crippen molar-refractivity contribution < 1.29 is 0 Å².